The number of allylic oxidation sites excluding steroid dienone is 1. The number of rotatable bonds is 4. The summed E-state index contributed by atoms with van der Waals surface area (Å²) in [6.07, 6.45) is 11.6. The van der Waals surface area contributed by atoms with E-state index in [1.165, 1.54) is 11.7 Å². The summed E-state index contributed by atoms with van der Waals surface area (Å²) in [4.78, 5) is 0. The van der Waals surface area contributed by atoms with Crippen LogP contribution in [0.2, 0.25) is 0 Å². The van der Waals surface area contributed by atoms with Crippen molar-refractivity contribution in [3.05, 3.63) is 12.2 Å². The smallest absolute Gasteiger partial charge is 0.0128 e. The van der Waals surface area contributed by atoms with Gasteiger partial charge in [0.2, 0.25) is 0 Å². The fourth-order valence-corrected chi connectivity index (χ4v) is 2.15. The van der Waals surface area contributed by atoms with Crippen molar-refractivity contribution in [1.29, 1.82) is 0 Å². The third kappa shape index (κ3) is 20.4. The molecule has 0 aromatic carbocycles. The lowest BCUT2D eigenvalue weighted by Gasteiger charge is -2.12. The molecule has 0 saturated heterocycles. The van der Waals surface area contributed by atoms with E-state index in [-0.39, 0.29) is 0 Å². The van der Waals surface area contributed by atoms with Crippen molar-refractivity contribution in [3.63, 3.8) is 0 Å². The molecule has 0 spiro atoms. The van der Waals surface area contributed by atoms with E-state index < -0.39 is 13.8 Å². The van der Waals surface area contributed by atoms with Crippen molar-refractivity contribution in [2.24, 2.45) is 0 Å². The zero-order valence-corrected chi connectivity index (χ0v) is 13.4. The largest absolute Gasteiger partial charge is 0.118 e. The maximum absolute atomic E-state index is 4.11. The molecule has 0 aromatic rings. The minimum Gasteiger partial charge on any atom is -0.118 e. The molecule has 92 valence electrons. The van der Waals surface area contributed by atoms with Crippen molar-refractivity contribution in [2.45, 2.75) is 20.3 Å². The van der Waals surface area contributed by atoms with E-state index in [4.69, 9.17) is 0 Å². The van der Waals surface area contributed by atoms with Crippen LogP contribution in [-0.4, -0.2) is 51.6 Å². The van der Waals surface area contributed by atoms with Gasteiger partial charge in [0, 0.05) is 0 Å². The minimum atomic E-state index is -0.838. The lowest BCUT2D eigenvalue weighted by atomic mass is 10.3. The van der Waals surface area contributed by atoms with Crippen LogP contribution in [0.15, 0.2) is 12.2 Å². The van der Waals surface area contributed by atoms with Crippen LogP contribution in [0.3, 0.4) is 0 Å². The highest BCUT2D eigenvalue weighted by atomic mass is 31.2. The Balaban J connectivity index is 0. The summed E-state index contributed by atoms with van der Waals surface area (Å²) in [5, 5.41) is 0. The van der Waals surface area contributed by atoms with Gasteiger partial charge in [-0.05, 0) is 45.4 Å². The van der Waals surface area contributed by atoms with Gasteiger partial charge in [0.1, 0.15) is 0 Å². The highest BCUT2D eigenvalue weighted by molar-refractivity contribution is 7.72. The Morgan fingerprint density at radius 3 is 1.33 bits per heavy atom. The number of hydrogen-bond acceptors (Lipinski definition) is 0. The lowest BCUT2D eigenvalue weighted by molar-refractivity contribution is 1.11. The molecular formula is C13H30P2. The molecule has 0 aliphatic carbocycles. The number of hydrogen-bond donors (Lipinski definition) is 0. The summed E-state index contributed by atoms with van der Waals surface area (Å²) in [7, 11) is 0. The van der Waals surface area contributed by atoms with E-state index in [1.54, 1.807) is 0 Å². The van der Waals surface area contributed by atoms with Gasteiger partial charge in [0.05, 0.1) is 0 Å². The summed E-state index contributed by atoms with van der Waals surface area (Å²) in [6.45, 7) is 15.8. The van der Waals surface area contributed by atoms with Crippen molar-refractivity contribution in [1.82, 2.24) is 0 Å². The molecule has 0 atom stereocenters. The molecular weight excluding hydrogens is 218 g/mol. The average Bonchev–Trinajstić information content (AvgIpc) is 2.01. The molecule has 2 heteroatoms. The van der Waals surface area contributed by atoms with Gasteiger partial charge in [-0.25, -0.2) is 0 Å². The van der Waals surface area contributed by atoms with Crippen LogP contribution in [0.4, 0.5) is 0 Å². The average molecular weight is 248 g/mol. The molecule has 0 bridgehead atoms. The third-order valence-corrected chi connectivity index (χ3v) is 5.02. The Morgan fingerprint density at radius 1 is 0.933 bits per heavy atom. The minimum absolute atomic E-state index is 0.647. The van der Waals surface area contributed by atoms with Crippen molar-refractivity contribution in [3.8, 4) is 0 Å². The molecule has 0 aliphatic heterocycles. The van der Waals surface area contributed by atoms with E-state index in [9.17, 15) is 0 Å². The van der Waals surface area contributed by atoms with E-state index in [1.807, 2.05) is 0 Å². The second kappa shape index (κ2) is 7.59. The van der Waals surface area contributed by atoms with E-state index in [0.717, 1.165) is 12.6 Å². The molecule has 0 N–H and O–H groups in total. The van der Waals surface area contributed by atoms with Crippen molar-refractivity contribution < 1.29 is 0 Å². The van der Waals surface area contributed by atoms with E-state index in [0.29, 0.717) is 0 Å². The molecule has 0 heterocycles. The lowest BCUT2D eigenvalue weighted by Crippen LogP contribution is -1.88. The van der Waals surface area contributed by atoms with Gasteiger partial charge in [-0.2, -0.15) is 0 Å². The monoisotopic (exact) mass is 248 g/mol. The summed E-state index contributed by atoms with van der Waals surface area (Å²) in [5.41, 5.74) is 1.35. The summed E-state index contributed by atoms with van der Waals surface area (Å²) < 4.78 is 0. The summed E-state index contributed by atoms with van der Waals surface area (Å²) >= 11 is 0. The zero-order valence-electron chi connectivity index (χ0n) is 11.6. The molecule has 0 unspecified atom stereocenters. The normalized spacial score (nSPS) is 11.6. The Kier molecular flexibility index (Phi) is 8.97. The van der Waals surface area contributed by atoms with Crippen LogP contribution in [0.5, 0.6) is 0 Å². The van der Waals surface area contributed by atoms with Gasteiger partial charge in [-0.1, -0.05) is 26.0 Å². The molecule has 0 rings (SSSR count). The molecule has 0 nitrogen and oxygen atoms in total. The Hall–Kier alpha value is 0.340. The third-order valence-electron chi connectivity index (χ3n) is 2.01. The molecule has 15 heavy (non-hydrogen) atoms. The van der Waals surface area contributed by atoms with Gasteiger partial charge in [-0.3, -0.25) is 0 Å². The van der Waals surface area contributed by atoms with Crippen LogP contribution in [0.25, 0.3) is 0 Å². The van der Waals surface area contributed by atoms with Crippen LogP contribution >= 0.6 is 13.8 Å². The topological polar surface area (TPSA) is 0 Å². The van der Waals surface area contributed by atoms with Crippen LogP contribution < -0.4 is 0 Å². The maximum Gasteiger partial charge on any atom is -0.0128 e. The Morgan fingerprint density at radius 2 is 1.27 bits per heavy atom. The molecule has 0 amide bonds. The van der Waals surface area contributed by atoms with Gasteiger partial charge in [0.25, 0.3) is 0 Å². The van der Waals surface area contributed by atoms with Crippen LogP contribution in [0, 0.1) is 0 Å². The summed E-state index contributed by atoms with van der Waals surface area (Å²) in [5.74, 6) is 0. The van der Waals surface area contributed by atoms with E-state index >= 15 is 0 Å². The molecule has 0 aromatic heterocycles. The first-order chi connectivity index (χ1) is 6.52. The van der Waals surface area contributed by atoms with E-state index in [2.05, 4.69) is 59.7 Å². The van der Waals surface area contributed by atoms with Gasteiger partial charge in [0.15, 0.2) is 0 Å². The predicted octanol–water partition coefficient (Wildman–Crippen LogP) is 4.38. The van der Waals surface area contributed by atoms with Gasteiger partial charge < -0.3 is 0 Å². The second-order valence-electron chi connectivity index (χ2n) is 5.45. The van der Waals surface area contributed by atoms with Crippen LogP contribution in [0.1, 0.15) is 20.3 Å². The second-order valence-corrected chi connectivity index (χ2v) is 14.1. The molecule has 0 radical (unpaired) electrons. The molecule has 0 saturated carbocycles. The predicted molar refractivity (Wildman–Crippen MR) is 86.6 cm³/mol. The first-order valence-electron chi connectivity index (χ1n) is 5.53. The Bertz CT molecular complexity index is 262. The van der Waals surface area contributed by atoms with Gasteiger partial charge in [-0.15, -0.1) is 26.4 Å². The first-order valence-corrected chi connectivity index (χ1v) is 11.6. The standard InChI is InChI=1S/C8H17P.C5H13P/c1-6-8(2)7-9(3,4)5;1-5-6(2,3)4/h2-3,6-7H2,1,4-5H3;2,5H2,1,3-4H3. The zero-order chi connectivity index (χ0) is 12.7. The maximum atomic E-state index is 4.11. The molecule has 0 aliphatic rings. The van der Waals surface area contributed by atoms with Crippen molar-refractivity contribution in [2.75, 3.05) is 39.0 Å². The molecule has 0 fully saturated rings. The van der Waals surface area contributed by atoms with Crippen LogP contribution in [-0.2, 0) is 0 Å². The first kappa shape index (κ1) is 17.7. The quantitative estimate of drug-likeness (QED) is 0.511. The van der Waals surface area contributed by atoms with Gasteiger partial charge >= 0.3 is 0 Å². The Labute approximate surface area is 98.1 Å². The summed E-state index contributed by atoms with van der Waals surface area (Å²) in [6, 6.07) is 0. The fourth-order valence-electron chi connectivity index (χ4n) is 0.717. The highest BCUT2D eigenvalue weighted by Crippen LogP contribution is 2.37. The fraction of sp³-hybridized carbons (Fsp3) is 0.692. The highest BCUT2D eigenvalue weighted by Gasteiger charge is 1.99. The van der Waals surface area contributed by atoms with Crippen molar-refractivity contribution >= 4 is 26.4 Å². The SMILES string of the molecule is C=C(CC)CP(=C)(C)C.C=P(C)(C)CC.